The molecule has 0 bridgehead atoms. The van der Waals surface area contributed by atoms with E-state index in [0.29, 0.717) is 6.04 Å². The Morgan fingerprint density at radius 2 is 1.71 bits per heavy atom. The van der Waals surface area contributed by atoms with Crippen molar-refractivity contribution in [1.82, 2.24) is 10.2 Å². The Bertz CT molecular complexity index is 656. The Kier molecular flexibility index (Phi) is 3.28. The first kappa shape index (κ1) is 13.1. The Morgan fingerprint density at radius 1 is 0.952 bits per heavy atom. The van der Waals surface area contributed by atoms with Crippen molar-refractivity contribution in [2.45, 2.75) is 19.4 Å². The highest BCUT2D eigenvalue weighted by atomic mass is 15.2. The van der Waals surface area contributed by atoms with Crippen LogP contribution in [0.3, 0.4) is 0 Å². The van der Waals surface area contributed by atoms with Crippen molar-refractivity contribution in [2.75, 3.05) is 26.2 Å². The second-order valence-electron chi connectivity index (χ2n) is 6.21. The largest absolute Gasteiger partial charge is 0.314 e. The molecule has 1 atom stereocenters. The maximum Gasteiger partial charge on any atom is 0.0321 e. The van der Waals surface area contributed by atoms with E-state index in [2.05, 4.69) is 59.6 Å². The number of nitrogens with zero attached hydrogens (tertiary/aromatic N) is 1. The summed E-state index contributed by atoms with van der Waals surface area (Å²) in [4.78, 5) is 2.58. The molecule has 1 fully saturated rings. The third-order valence-electron chi connectivity index (χ3n) is 5.00. The average Bonchev–Trinajstić information content (AvgIpc) is 2.92. The first-order chi connectivity index (χ1) is 10.3. The van der Waals surface area contributed by atoms with Crippen LogP contribution < -0.4 is 5.32 Å². The topological polar surface area (TPSA) is 15.3 Å². The monoisotopic (exact) mass is 278 g/mol. The maximum absolute atomic E-state index is 3.43. The molecule has 0 amide bonds. The second-order valence-corrected chi connectivity index (χ2v) is 6.21. The van der Waals surface area contributed by atoms with Gasteiger partial charge in [0, 0.05) is 32.2 Å². The van der Waals surface area contributed by atoms with Crippen LogP contribution in [-0.4, -0.2) is 31.1 Å². The van der Waals surface area contributed by atoms with Crippen LogP contribution in [0.5, 0.6) is 0 Å². The van der Waals surface area contributed by atoms with Crippen LogP contribution in [0.2, 0.25) is 0 Å². The van der Waals surface area contributed by atoms with Crippen LogP contribution in [-0.2, 0) is 6.42 Å². The standard InChI is InChI=1S/C19H22N2/c1-14(21-10-8-20-9-11-21)15-6-7-19-17(12-15)13-16-4-2-3-5-18(16)19/h2-7,12,14,20H,8-11,13H2,1H3/t14-/m0/s1. The predicted molar refractivity (Wildman–Crippen MR) is 87.5 cm³/mol. The molecule has 4 rings (SSSR count). The molecule has 1 saturated heterocycles. The number of hydrogen-bond acceptors (Lipinski definition) is 2. The third kappa shape index (κ3) is 2.29. The minimum absolute atomic E-state index is 0.515. The van der Waals surface area contributed by atoms with Crippen LogP contribution in [0.4, 0.5) is 0 Å². The lowest BCUT2D eigenvalue weighted by atomic mass is 9.99. The summed E-state index contributed by atoms with van der Waals surface area (Å²) in [7, 11) is 0. The van der Waals surface area contributed by atoms with E-state index in [9.17, 15) is 0 Å². The van der Waals surface area contributed by atoms with Gasteiger partial charge in [-0.25, -0.2) is 0 Å². The number of piperazine rings is 1. The second kappa shape index (κ2) is 5.28. The molecule has 2 aliphatic rings. The van der Waals surface area contributed by atoms with Crippen LogP contribution >= 0.6 is 0 Å². The highest BCUT2D eigenvalue weighted by Gasteiger charge is 2.22. The summed E-state index contributed by atoms with van der Waals surface area (Å²) in [6, 6.07) is 16.4. The van der Waals surface area contributed by atoms with Crippen LogP contribution in [0.15, 0.2) is 42.5 Å². The van der Waals surface area contributed by atoms with Gasteiger partial charge >= 0.3 is 0 Å². The molecule has 0 unspecified atom stereocenters. The SMILES string of the molecule is C[C@@H](c1ccc2c(c1)Cc1ccccc1-2)N1CCNCC1. The van der Waals surface area contributed by atoms with E-state index in [-0.39, 0.29) is 0 Å². The van der Waals surface area contributed by atoms with E-state index in [1.54, 1.807) is 0 Å². The molecular formula is C19H22N2. The summed E-state index contributed by atoms with van der Waals surface area (Å²) >= 11 is 0. The van der Waals surface area contributed by atoms with E-state index in [4.69, 9.17) is 0 Å². The van der Waals surface area contributed by atoms with E-state index in [1.807, 2.05) is 0 Å². The lowest BCUT2D eigenvalue weighted by Gasteiger charge is -2.33. The Morgan fingerprint density at radius 3 is 2.57 bits per heavy atom. The fraction of sp³-hybridized carbons (Fsp3) is 0.368. The lowest BCUT2D eigenvalue weighted by molar-refractivity contribution is 0.185. The van der Waals surface area contributed by atoms with E-state index < -0.39 is 0 Å². The Labute approximate surface area is 126 Å². The van der Waals surface area contributed by atoms with Crippen molar-refractivity contribution in [3.05, 3.63) is 59.2 Å². The molecule has 0 spiro atoms. The molecule has 2 aromatic carbocycles. The van der Waals surface area contributed by atoms with Gasteiger partial charge in [-0.05, 0) is 41.2 Å². The third-order valence-corrected chi connectivity index (χ3v) is 5.00. The number of benzene rings is 2. The van der Waals surface area contributed by atoms with Gasteiger partial charge in [0.05, 0.1) is 0 Å². The van der Waals surface area contributed by atoms with Gasteiger partial charge in [-0.1, -0.05) is 42.5 Å². The fourth-order valence-electron chi connectivity index (χ4n) is 3.71. The summed E-state index contributed by atoms with van der Waals surface area (Å²) in [5, 5.41) is 3.43. The molecular weight excluding hydrogens is 256 g/mol. The van der Waals surface area contributed by atoms with Gasteiger partial charge in [-0.2, -0.15) is 0 Å². The molecule has 21 heavy (non-hydrogen) atoms. The molecule has 108 valence electrons. The van der Waals surface area contributed by atoms with Gasteiger partial charge in [0.2, 0.25) is 0 Å². The molecule has 2 aromatic rings. The summed E-state index contributed by atoms with van der Waals surface area (Å²) in [5.74, 6) is 0. The molecule has 1 N–H and O–H groups in total. The van der Waals surface area contributed by atoms with Crippen molar-refractivity contribution in [3.8, 4) is 11.1 Å². The summed E-state index contributed by atoms with van der Waals surface area (Å²) in [6.07, 6.45) is 1.09. The summed E-state index contributed by atoms with van der Waals surface area (Å²) in [6.45, 7) is 6.87. The van der Waals surface area contributed by atoms with Crippen molar-refractivity contribution in [2.24, 2.45) is 0 Å². The van der Waals surface area contributed by atoms with E-state index >= 15 is 0 Å². The molecule has 1 aliphatic carbocycles. The van der Waals surface area contributed by atoms with Crippen LogP contribution in [0.1, 0.15) is 29.7 Å². The lowest BCUT2D eigenvalue weighted by Crippen LogP contribution is -2.44. The van der Waals surface area contributed by atoms with Crippen molar-refractivity contribution in [1.29, 1.82) is 0 Å². The van der Waals surface area contributed by atoms with Gasteiger partial charge < -0.3 is 5.32 Å². The van der Waals surface area contributed by atoms with Crippen molar-refractivity contribution in [3.63, 3.8) is 0 Å². The zero-order chi connectivity index (χ0) is 14.2. The highest BCUT2D eigenvalue weighted by molar-refractivity contribution is 5.76. The molecule has 0 saturated carbocycles. The minimum Gasteiger partial charge on any atom is -0.314 e. The number of nitrogens with one attached hydrogen (secondary N) is 1. The number of hydrogen-bond donors (Lipinski definition) is 1. The zero-order valence-corrected chi connectivity index (χ0v) is 12.6. The smallest absolute Gasteiger partial charge is 0.0321 e. The quantitative estimate of drug-likeness (QED) is 0.774. The van der Waals surface area contributed by atoms with Gasteiger partial charge in [0.25, 0.3) is 0 Å². The first-order valence-electron chi connectivity index (χ1n) is 7.99. The normalized spacial score (nSPS) is 19.1. The van der Waals surface area contributed by atoms with Crippen LogP contribution in [0, 0.1) is 0 Å². The van der Waals surface area contributed by atoms with Gasteiger partial charge in [0.1, 0.15) is 0 Å². The predicted octanol–water partition coefficient (Wildman–Crippen LogP) is 3.22. The average molecular weight is 278 g/mol. The minimum atomic E-state index is 0.515. The summed E-state index contributed by atoms with van der Waals surface area (Å²) in [5.41, 5.74) is 7.29. The number of rotatable bonds is 2. The Balaban J connectivity index is 1.63. The molecule has 2 heteroatoms. The van der Waals surface area contributed by atoms with E-state index in [0.717, 1.165) is 32.6 Å². The van der Waals surface area contributed by atoms with Gasteiger partial charge in [-0.15, -0.1) is 0 Å². The summed E-state index contributed by atoms with van der Waals surface area (Å²) < 4.78 is 0. The highest BCUT2D eigenvalue weighted by Crippen LogP contribution is 2.38. The number of fused-ring (bicyclic) bond motifs is 3. The van der Waals surface area contributed by atoms with Crippen LogP contribution in [0.25, 0.3) is 11.1 Å². The maximum atomic E-state index is 3.43. The van der Waals surface area contributed by atoms with Gasteiger partial charge in [-0.3, -0.25) is 4.90 Å². The molecule has 0 radical (unpaired) electrons. The molecule has 0 aromatic heterocycles. The Hall–Kier alpha value is -1.64. The zero-order valence-electron chi connectivity index (χ0n) is 12.6. The van der Waals surface area contributed by atoms with E-state index in [1.165, 1.54) is 27.8 Å². The molecule has 1 aliphatic heterocycles. The molecule has 2 nitrogen and oxygen atoms in total. The van der Waals surface area contributed by atoms with Gasteiger partial charge in [0.15, 0.2) is 0 Å². The van der Waals surface area contributed by atoms with Crippen molar-refractivity contribution >= 4 is 0 Å². The molecule has 1 heterocycles. The van der Waals surface area contributed by atoms with Crippen molar-refractivity contribution < 1.29 is 0 Å². The fourth-order valence-corrected chi connectivity index (χ4v) is 3.71. The first-order valence-corrected chi connectivity index (χ1v) is 7.99.